The number of nitrogens with zero attached hydrogens (tertiary/aromatic N) is 5. The highest BCUT2D eigenvalue weighted by atomic mass is 32.1. The lowest BCUT2D eigenvalue weighted by molar-refractivity contribution is 0.535. The summed E-state index contributed by atoms with van der Waals surface area (Å²) in [5.74, 6) is 2.63. The van der Waals surface area contributed by atoms with Crippen LogP contribution < -0.4 is 25.3 Å². The third kappa shape index (κ3) is 6.78. The van der Waals surface area contributed by atoms with Crippen molar-refractivity contribution in [2.75, 3.05) is 59.3 Å². The number of aromatic nitrogens is 2. The Labute approximate surface area is 221 Å². The van der Waals surface area contributed by atoms with Gasteiger partial charge in [-0.05, 0) is 50.0 Å². The highest BCUT2D eigenvalue weighted by Crippen LogP contribution is 2.26. The molecule has 0 radical (unpaired) electrons. The first kappa shape index (κ1) is 25.1. The molecule has 0 atom stereocenters. The number of hydrogen-bond donors (Lipinski definition) is 2. The van der Waals surface area contributed by atoms with Gasteiger partial charge in [-0.1, -0.05) is 56.7 Å². The molecule has 36 heavy (non-hydrogen) atoms. The van der Waals surface area contributed by atoms with E-state index in [0.29, 0.717) is 17.1 Å². The summed E-state index contributed by atoms with van der Waals surface area (Å²) in [6, 6.07) is 13.3. The van der Waals surface area contributed by atoms with E-state index in [0.717, 1.165) is 50.9 Å². The molecule has 7 nitrogen and oxygen atoms in total. The molecule has 8 heteroatoms. The van der Waals surface area contributed by atoms with Crippen molar-refractivity contribution in [2.45, 2.75) is 70.3 Å². The normalized spacial score (nSPS) is 19.9. The average molecular weight is 508 g/mol. The van der Waals surface area contributed by atoms with Crippen molar-refractivity contribution in [3.63, 3.8) is 0 Å². The lowest BCUT2D eigenvalue weighted by Gasteiger charge is -2.37. The van der Waals surface area contributed by atoms with Crippen molar-refractivity contribution in [1.82, 2.24) is 15.3 Å². The first-order chi connectivity index (χ1) is 17.7. The summed E-state index contributed by atoms with van der Waals surface area (Å²) in [4.78, 5) is 17.2. The topological polar surface area (TPSA) is 59.6 Å². The zero-order valence-electron chi connectivity index (χ0n) is 21.5. The molecule has 0 unspecified atom stereocenters. The number of para-hydroxylation sites is 1. The van der Waals surface area contributed by atoms with Gasteiger partial charge in [-0.15, -0.1) is 0 Å². The fraction of sp³-hybridized carbons (Fsp3) is 0.607. The number of benzene rings is 1. The molecule has 1 aliphatic carbocycles. The first-order valence-corrected chi connectivity index (χ1v) is 14.4. The van der Waals surface area contributed by atoms with Gasteiger partial charge in [-0.25, -0.2) is 0 Å². The number of anilines is 4. The van der Waals surface area contributed by atoms with E-state index in [1.54, 1.807) is 0 Å². The molecule has 0 amide bonds. The molecule has 2 N–H and O–H groups in total. The lowest BCUT2D eigenvalue weighted by Crippen LogP contribution is -2.47. The smallest absolute Gasteiger partial charge is 0.232 e. The highest BCUT2D eigenvalue weighted by Gasteiger charge is 2.22. The number of piperazine rings is 1. The Kier molecular flexibility index (Phi) is 8.75. The summed E-state index contributed by atoms with van der Waals surface area (Å²) in [6.45, 7) is 5.96. The van der Waals surface area contributed by atoms with Gasteiger partial charge in [-0.3, -0.25) is 0 Å². The van der Waals surface area contributed by atoms with Crippen LogP contribution in [0.4, 0.5) is 23.3 Å². The average Bonchev–Trinajstić information content (AvgIpc) is 3.35. The van der Waals surface area contributed by atoms with Crippen LogP contribution in [0.3, 0.4) is 0 Å². The minimum absolute atomic E-state index is 0.451. The summed E-state index contributed by atoms with van der Waals surface area (Å²) in [5.41, 5.74) is 1.29. The fourth-order valence-corrected chi connectivity index (χ4v) is 5.94. The number of thiocarbonyl (C=S) groups is 1. The van der Waals surface area contributed by atoms with Gasteiger partial charge in [0.05, 0.1) is 0 Å². The summed E-state index contributed by atoms with van der Waals surface area (Å²) in [5, 5.41) is 7.55. The third-order valence-electron chi connectivity index (χ3n) is 7.77. The van der Waals surface area contributed by atoms with Crippen LogP contribution in [0, 0.1) is 0 Å². The molecule has 3 fully saturated rings. The Hall–Kier alpha value is -2.61. The zero-order valence-corrected chi connectivity index (χ0v) is 22.3. The predicted octanol–water partition coefficient (Wildman–Crippen LogP) is 5.19. The van der Waals surface area contributed by atoms with Crippen LogP contribution in [0.1, 0.15) is 64.2 Å². The van der Waals surface area contributed by atoms with Crippen molar-refractivity contribution in [3.8, 4) is 0 Å². The predicted molar refractivity (Wildman–Crippen MR) is 154 cm³/mol. The molecule has 3 heterocycles. The van der Waals surface area contributed by atoms with Crippen LogP contribution in [-0.4, -0.2) is 60.4 Å². The van der Waals surface area contributed by atoms with E-state index in [1.165, 1.54) is 69.9 Å². The Morgan fingerprint density at radius 2 is 1.25 bits per heavy atom. The molecule has 1 saturated carbocycles. The van der Waals surface area contributed by atoms with Crippen molar-refractivity contribution in [1.29, 1.82) is 0 Å². The van der Waals surface area contributed by atoms with Crippen molar-refractivity contribution < 1.29 is 0 Å². The van der Waals surface area contributed by atoms with Crippen LogP contribution in [0.2, 0.25) is 0 Å². The van der Waals surface area contributed by atoms with Crippen LogP contribution >= 0.6 is 12.2 Å². The van der Waals surface area contributed by atoms with Gasteiger partial charge < -0.3 is 25.3 Å². The standard InChI is InChI=1S/C28H41N7S/c36-28(29-23-12-6-1-2-7-13-23)32-27-30-25(34-16-10-3-4-11-17-34)22-26(31-27)35-20-18-33(19-21-35)24-14-8-5-9-15-24/h5,8-9,14-15,22-23H,1-4,6-7,10-13,16-21H2,(H2,29,30,31,32,36). The monoisotopic (exact) mass is 507 g/mol. The highest BCUT2D eigenvalue weighted by molar-refractivity contribution is 7.80. The quantitative estimate of drug-likeness (QED) is 0.423. The van der Waals surface area contributed by atoms with Gasteiger partial charge in [0, 0.05) is 57.1 Å². The number of rotatable bonds is 5. The molecule has 194 valence electrons. The van der Waals surface area contributed by atoms with Crippen LogP contribution in [-0.2, 0) is 0 Å². The molecule has 2 saturated heterocycles. The van der Waals surface area contributed by atoms with E-state index in [-0.39, 0.29) is 0 Å². The van der Waals surface area contributed by atoms with Crippen molar-refractivity contribution >= 4 is 40.6 Å². The van der Waals surface area contributed by atoms with Gasteiger partial charge >= 0.3 is 0 Å². The summed E-state index contributed by atoms with van der Waals surface area (Å²) in [6.07, 6.45) is 12.6. The number of nitrogens with one attached hydrogen (secondary N) is 2. The van der Waals surface area contributed by atoms with Crippen LogP contribution in [0.5, 0.6) is 0 Å². The van der Waals surface area contributed by atoms with E-state index in [4.69, 9.17) is 22.2 Å². The SMILES string of the molecule is S=C(Nc1nc(N2CCCCCC2)cc(N2CCN(c3ccccc3)CC2)n1)NC1CCCCCC1. The van der Waals surface area contributed by atoms with Gasteiger partial charge in [0.15, 0.2) is 5.11 Å². The molecule has 2 aromatic rings. The van der Waals surface area contributed by atoms with E-state index in [1.807, 2.05) is 0 Å². The first-order valence-electron chi connectivity index (χ1n) is 14.0. The van der Waals surface area contributed by atoms with E-state index < -0.39 is 0 Å². The lowest BCUT2D eigenvalue weighted by atomic mass is 10.1. The number of hydrogen-bond acceptors (Lipinski definition) is 6. The van der Waals surface area contributed by atoms with Crippen molar-refractivity contribution in [2.24, 2.45) is 0 Å². The maximum Gasteiger partial charge on any atom is 0.232 e. The summed E-state index contributed by atoms with van der Waals surface area (Å²) < 4.78 is 0. The molecule has 0 spiro atoms. The van der Waals surface area contributed by atoms with E-state index in [9.17, 15) is 0 Å². The Bertz CT molecular complexity index is 961. The minimum atomic E-state index is 0.451. The molecule has 2 aliphatic heterocycles. The Morgan fingerprint density at radius 3 is 1.89 bits per heavy atom. The maximum absolute atomic E-state index is 5.72. The molecule has 3 aliphatic rings. The summed E-state index contributed by atoms with van der Waals surface area (Å²) in [7, 11) is 0. The third-order valence-corrected chi connectivity index (χ3v) is 7.99. The second kappa shape index (κ2) is 12.6. The molecule has 1 aromatic carbocycles. The molecular formula is C28H41N7S. The molecule has 5 rings (SSSR count). The fourth-order valence-electron chi connectivity index (χ4n) is 5.68. The second-order valence-electron chi connectivity index (χ2n) is 10.4. The Balaban J connectivity index is 1.30. The van der Waals surface area contributed by atoms with Gasteiger partial charge in [0.1, 0.15) is 11.6 Å². The molecular weight excluding hydrogens is 466 g/mol. The van der Waals surface area contributed by atoms with Crippen LogP contribution in [0.25, 0.3) is 0 Å². The van der Waals surface area contributed by atoms with E-state index >= 15 is 0 Å². The minimum Gasteiger partial charge on any atom is -0.368 e. The second-order valence-corrected chi connectivity index (χ2v) is 10.8. The maximum atomic E-state index is 5.72. The van der Waals surface area contributed by atoms with Gasteiger partial charge in [0.2, 0.25) is 5.95 Å². The van der Waals surface area contributed by atoms with Gasteiger partial charge in [-0.2, -0.15) is 9.97 Å². The van der Waals surface area contributed by atoms with Crippen LogP contribution in [0.15, 0.2) is 36.4 Å². The largest absolute Gasteiger partial charge is 0.368 e. The van der Waals surface area contributed by atoms with Crippen molar-refractivity contribution in [3.05, 3.63) is 36.4 Å². The zero-order chi connectivity index (χ0) is 24.6. The van der Waals surface area contributed by atoms with Gasteiger partial charge in [0.25, 0.3) is 0 Å². The molecule has 1 aromatic heterocycles. The van der Waals surface area contributed by atoms with E-state index in [2.05, 4.69) is 61.7 Å². The summed E-state index contributed by atoms with van der Waals surface area (Å²) >= 11 is 5.72. The molecule has 0 bridgehead atoms. The Morgan fingerprint density at radius 1 is 0.694 bits per heavy atom.